The maximum atomic E-state index is 14.6. The number of Topliss-reactive ketones (excluding diaryl/α,β-unsaturated/α-hetero) is 1. The number of carbonyl (C=O) groups excluding carboxylic acids is 4. The van der Waals surface area contributed by atoms with Gasteiger partial charge in [0.05, 0.1) is 17.2 Å². The van der Waals surface area contributed by atoms with Crippen molar-refractivity contribution in [3.8, 4) is 11.6 Å². The second-order valence-electron chi connectivity index (χ2n) is 15.0. The van der Waals surface area contributed by atoms with Crippen molar-refractivity contribution in [2.75, 3.05) is 0 Å². The minimum absolute atomic E-state index is 0.106. The number of rotatable bonds is 12. The molecule has 3 amide bonds. The Morgan fingerprint density at radius 3 is 2.33 bits per heavy atom. The molecule has 0 saturated heterocycles. The van der Waals surface area contributed by atoms with Gasteiger partial charge in [-0.15, -0.1) is 6.58 Å². The molecule has 3 fully saturated rings. The molecule has 2 aromatic carbocycles. The van der Waals surface area contributed by atoms with Gasteiger partial charge in [-0.2, -0.15) is 0 Å². The Bertz CT molecular complexity index is 1970. The van der Waals surface area contributed by atoms with Gasteiger partial charge in [0.2, 0.25) is 21.8 Å². The Morgan fingerprint density at radius 1 is 1.00 bits per heavy atom. The number of carbonyl (C=O) groups is 4. The van der Waals surface area contributed by atoms with Gasteiger partial charge in [-0.3, -0.25) is 19.1 Å². The maximum Gasteiger partial charge on any atom is 0.413 e. The topological polar surface area (TPSA) is 170 Å². The summed E-state index contributed by atoms with van der Waals surface area (Å²) >= 11 is 0. The molecule has 3 saturated carbocycles. The smallest absolute Gasteiger partial charge is 0.413 e. The van der Waals surface area contributed by atoms with E-state index in [0.717, 1.165) is 16.3 Å². The fraction of sp³-hybridized carbons (Fsp3) is 0.447. The fourth-order valence-corrected chi connectivity index (χ4v) is 8.22. The van der Waals surface area contributed by atoms with Gasteiger partial charge in [-0.1, -0.05) is 62.7 Å². The lowest BCUT2D eigenvalue weighted by atomic mass is 9.77. The highest BCUT2D eigenvalue weighted by Gasteiger charge is 2.62. The van der Waals surface area contributed by atoms with E-state index in [-0.39, 0.29) is 19.3 Å². The van der Waals surface area contributed by atoms with Gasteiger partial charge >= 0.3 is 6.09 Å². The number of nitrogens with one attached hydrogen (secondary N) is 3. The monoisotopic (exact) mass is 716 g/mol. The zero-order chi connectivity index (χ0) is 36.7. The van der Waals surface area contributed by atoms with Crippen LogP contribution in [0, 0.1) is 30.1 Å². The second-order valence-corrected chi connectivity index (χ2v) is 17.0. The third-order valence-electron chi connectivity index (χ3n) is 10.0. The summed E-state index contributed by atoms with van der Waals surface area (Å²) in [6.07, 6.45) is 3.02. The summed E-state index contributed by atoms with van der Waals surface area (Å²) in [5.74, 6) is -3.57. The summed E-state index contributed by atoms with van der Waals surface area (Å²) in [7, 11) is -3.88. The number of amides is 3. The van der Waals surface area contributed by atoms with Gasteiger partial charge in [0.25, 0.3) is 5.91 Å². The summed E-state index contributed by atoms with van der Waals surface area (Å²) in [6.45, 7) is 11.1. The Hall–Kier alpha value is -4.78. The van der Waals surface area contributed by atoms with E-state index in [4.69, 9.17) is 9.47 Å². The summed E-state index contributed by atoms with van der Waals surface area (Å²) < 4.78 is 39.4. The number of ether oxygens (including phenoxy) is 2. The van der Waals surface area contributed by atoms with Crippen LogP contribution < -0.4 is 24.8 Å². The van der Waals surface area contributed by atoms with E-state index in [0.29, 0.717) is 24.5 Å². The molecule has 3 aliphatic rings. The summed E-state index contributed by atoms with van der Waals surface area (Å²) in [5, 5.41) is 6.61. The molecular formula is C38H44N4O8S. The Kier molecular flexibility index (Phi) is 9.71. The van der Waals surface area contributed by atoms with Crippen molar-refractivity contribution in [1.82, 2.24) is 20.3 Å². The van der Waals surface area contributed by atoms with Gasteiger partial charge < -0.3 is 20.1 Å². The van der Waals surface area contributed by atoms with E-state index in [1.54, 1.807) is 51.2 Å². The average Bonchev–Trinajstić information content (AvgIpc) is 4.01. The van der Waals surface area contributed by atoms with Gasteiger partial charge in [-0.25, -0.2) is 18.2 Å². The minimum Gasteiger partial charge on any atom is -0.474 e. The summed E-state index contributed by atoms with van der Waals surface area (Å²) in [4.78, 5) is 59.8. The van der Waals surface area contributed by atoms with Crippen LogP contribution in [0.15, 0.2) is 73.4 Å². The van der Waals surface area contributed by atoms with Crippen LogP contribution in [0.3, 0.4) is 0 Å². The minimum atomic E-state index is -3.88. The molecule has 13 heteroatoms. The SMILES string of the molecule is C=C[C@@H]1C[C@]1(NC(=O)[C@@H]1C[C@@H](Oc2nccc3ccccc23)CC1C(=O)[C@@H](NC(=O)Oc1ccc(C)cc1)C(C)(C)C)C(=O)NS(=O)(=O)C1CC1. The number of pyridine rings is 1. The van der Waals surface area contributed by atoms with Crippen LogP contribution in [0.25, 0.3) is 10.8 Å². The summed E-state index contributed by atoms with van der Waals surface area (Å²) in [6, 6.07) is 15.3. The number of benzene rings is 2. The highest BCUT2D eigenvalue weighted by Crippen LogP contribution is 2.47. The molecule has 1 heterocycles. The van der Waals surface area contributed by atoms with Crippen LogP contribution >= 0.6 is 0 Å². The van der Waals surface area contributed by atoms with E-state index in [1.165, 1.54) is 6.08 Å². The van der Waals surface area contributed by atoms with E-state index in [2.05, 4.69) is 26.9 Å². The van der Waals surface area contributed by atoms with Crippen molar-refractivity contribution < 1.29 is 37.1 Å². The lowest BCUT2D eigenvalue weighted by Gasteiger charge is -2.33. The number of hydrogen-bond acceptors (Lipinski definition) is 9. The van der Waals surface area contributed by atoms with Crippen molar-refractivity contribution in [3.63, 3.8) is 0 Å². The first-order valence-corrected chi connectivity index (χ1v) is 18.8. The fourth-order valence-electron chi connectivity index (χ4n) is 6.85. The largest absolute Gasteiger partial charge is 0.474 e. The third-order valence-corrected chi connectivity index (χ3v) is 11.8. The van der Waals surface area contributed by atoms with Gasteiger partial charge in [0.1, 0.15) is 17.4 Å². The number of sulfonamides is 1. The van der Waals surface area contributed by atoms with Crippen LogP contribution in [0.2, 0.25) is 0 Å². The standard InChI is InChI=1S/C38H44N4O8S/c1-6-24-21-38(24,35(45)42-51(47,48)27-15-16-27)41-33(44)30-20-26(49-34-28-10-8-7-9-23(28)17-18-39-34)19-29(30)31(43)32(37(3,4)5)40-36(46)50-25-13-11-22(2)12-14-25/h6-14,17-18,24,26-27,29-30,32H,1,15-16,19-21H2,2-5H3,(H,40,46)(H,41,44)(H,42,45)/t24-,26+,29?,30-,32-,38-/m1/s1. The van der Waals surface area contributed by atoms with Gasteiger partial charge in [0, 0.05) is 23.4 Å². The van der Waals surface area contributed by atoms with E-state index in [9.17, 15) is 27.6 Å². The predicted molar refractivity (Wildman–Crippen MR) is 190 cm³/mol. The molecule has 0 spiro atoms. The van der Waals surface area contributed by atoms with Gasteiger partial charge in [-0.05, 0) is 74.1 Å². The van der Waals surface area contributed by atoms with Crippen molar-refractivity contribution in [2.45, 2.75) is 82.7 Å². The highest BCUT2D eigenvalue weighted by atomic mass is 32.2. The van der Waals surface area contributed by atoms with Crippen molar-refractivity contribution in [2.24, 2.45) is 23.2 Å². The van der Waals surface area contributed by atoms with E-state index in [1.807, 2.05) is 37.3 Å². The molecule has 3 aliphatic carbocycles. The van der Waals surface area contributed by atoms with Crippen LogP contribution in [-0.4, -0.2) is 60.0 Å². The number of hydrogen-bond donors (Lipinski definition) is 3. The normalized spacial score (nSPS) is 24.9. The molecule has 12 nitrogen and oxygen atoms in total. The first-order chi connectivity index (χ1) is 24.1. The number of aromatic nitrogens is 1. The van der Waals surface area contributed by atoms with Crippen LogP contribution in [0.4, 0.5) is 4.79 Å². The molecule has 270 valence electrons. The lowest BCUT2D eigenvalue weighted by Crippen LogP contribution is -2.56. The van der Waals surface area contributed by atoms with Crippen LogP contribution in [0.1, 0.15) is 58.4 Å². The second kappa shape index (κ2) is 13.7. The van der Waals surface area contributed by atoms with E-state index < -0.39 is 79.8 Å². The molecule has 51 heavy (non-hydrogen) atoms. The van der Waals surface area contributed by atoms with Crippen LogP contribution in [0.5, 0.6) is 11.6 Å². The molecule has 0 radical (unpaired) electrons. The van der Waals surface area contributed by atoms with Crippen LogP contribution in [-0.2, 0) is 24.4 Å². The number of fused-ring (bicyclic) bond motifs is 1. The molecular weight excluding hydrogens is 673 g/mol. The molecule has 6 atom stereocenters. The molecule has 1 aromatic heterocycles. The molecule has 0 bridgehead atoms. The zero-order valence-corrected chi connectivity index (χ0v) is 30.0. The Morgan fingerprint density at radius 2 is 1.69 bits per heavy atom. The molecule has 3 aromatic rings. The Balaban J connectivity index is 1.27. The molecule has 1 unspecified atom stereocenters. The predicted octanol–water partition coefficient (Wildman–Crippen LogP) is 4.76. The maximum absolute atomic E-state index is 14.6. The van der Waals surface area contributed by atoms with E-state index >= 15 is 0 Å². The lowest BCUT2D eigenvalue weighted by molar-refractivity contribution is -0.136. The Labute approximate surface area is 297 Å². The molecule has 3 N–H and O–H groups in total. The zero-order valence-electron chi connectivity index (χ0n) is 29.2. The number of ketones is 1. The molecule has 6 rings (SSSR count). The summed E-state index contributed by atoms with van der Waals surface area (Å²) in [5.41, 5.74) is -1.33. The quantitative estimate of drug-likeness (QED) is 0.224. The average molecular weight is 717 g/mol. The van der Waals surface area contributed by atoms with Gasteiger partial charge in [0.15, 0.2) is 5.78 Å². The van der Waals surface area contributed by atoms with Crippen molar-refractivity contribution in [1.29, 1.82) is 0 Å². The highest BCUT2D eigenvalue weighted by molar-refractivity contribution is 7.91. The van der Waals surface area contributed by atoms with Crippen molar-refractivity contribution in [3.05, 3.63) is 79.0 Å². The first kappa shape index (κ1) is 36.0. The first-order valence-electron chi connectivity index (χ1n) is 17.2. The third kappa shape index (κ3) is 7.78. The number of aryl methyl sites for hydroxylation is 1. The number of nitrogens with zero attached hydrogens (tertiary/aromatic N) is 1. The van der Waals surface area contributed by atoms with Crippen molar-refractivity contribution >= 4 is 44.5 Å². The molecule has 0 aliphatic heterocycles.